The maximum absolute atomic E-state index is 3.23. The Kier molecular flexibility index (Phi) is 3.92. The van der Waals surface area contributed by atoms with E-state index in [4.69, 9.17) is 0 Å². The van der Waals surface area contributed by atoms with Crippen LogP contribution < -0.4 is 4.49 Å². The smallest absolute Gasteiger partial charge is 0.0231 e. The van der Waals surface area contributed by atoms with Gasteiger partial charge in [0.2, 0.25) is 0 Å². The Morgan fingerprint density at radius 2 is 1.91 bits per heavy atom. The van der Waals surface area contributed by atoms with Gasteiger partial charge in [-0.3, -0.25) is 0 Å². The van der Waals surface area contributed by atoms with Crippen molar-refractivity contribution < 1.29 is 0 Å². The largest absolute Gasteiger partial charge is 0.241 e. The molecule has 0 aromatic heterocycles. The third-order valence-electron chi connectivity index (χ3n) is 1.29. The molecular weight excluding hydrogens is 173 g/mol. The first-order valence-electron chi connectivity index (χ1n) is 3.48. The van der Waals surface area contributed by atoms with Crippen molar-refractivity contribution in [3.05, 3.63) is 29.8 Å². The van der Waals surface area contributed by atoms with Gasteiger partial charge >= 0.3 is 0 Å². The van der Waals surface area contributed by atoms with Gasteiger partial charge in [-0.25, -0.2) is 4.49 Å². The highest BCUT2D eigenvalue weighted by Gasteiger charge is 1.89. The van der Waals surface area contributed by atoms with Gasteiger partial charge in [-0.05, 0) is 46.4 Å². The molecule has 0 aliphatic heterocycles. The molecule has 1 N–H and O–H groups in total. The van der Waals surface area contributed by atoms with E-state index >= 15 is 0 Å². The summed E-state index contributed by atoms with van der Waals surface area (Å²) in [4.78, 5) is 1.28. The Bertz CT molecular complexity index is 210. The monoisotopic (exact) mass is 185 g/mol. The topological polar surface area (TPSA) is 12.0 Å². The zero-order chi connectivity index (χ0) is 8.10. The van der Waals surface area contributed by atoms with Crippen LogP contribution in [0.15, 0.2) is 29.2 Å². The van der Waals surface area contributed by atoms with E-state index < -0.39 is 0 Å². The van der Waals surface area contributed by atoms with E-state index in [-0.39, 0.29) is 0 Å². The van der Waals surface area contributed by atoms with Crippen LogP contribution in [-0.4, -0.2) is 6.66 Å². The van der Waals surface area contributed by atoms with E-state index in [1.165, 1.54) is 10.5 Å². The Labute approximate surface area is 73.9 Å². The summed E-state index contributed by atoms with van der Waals surface area (Å²) in [6.45, 7) is 4.23. The Morgan fingerprint density at radius 3 is 2.45 bits per heavy atom. The normalized spacial score (nSPS) is 11.1. The second-order valence-corrected chi connectivity index (χ2v) is 4.26. The number of hydrogen-bond acceptors (Lipinski definition) is 2. The molecule has 0 heterocycles. The predicted molar refractivity (Wildman–Crippen MR) is 54.4 cm³/mol. The van der Waals surface area contributed by atoms with Crippen molar-refractivity contribution in [2.75, 3.05) is 6.66 Å². The fourth-order valence-corrected chi connectivity index (χ4v) is 1.87. The van der Waals surface area contributed by atoms with Gasteiger partial charge in [0, 0.05) is 4.90 Å². The van der Waals surface area contributed by atoms with E-state index in [1.807, 2.05) is 0 Å². The van der Waals surface area contributed by atoms with Crippen LogP contribution in [0, 0.1) is 6.92 Å². The average Bonchev–Trinajstić information content (AvgIpc) is 2.04. The summed E-state index contributed by atoms with van der Waals surface area (Å²) >= 11 is 1.69. The SMILES string of the molecule is CPNSc1ccc(C)cc1. The lowest BCUT2D eigenvalue weighted by atomic mass is 10.2. The van der Waals surface area contributed by atoms with Crippen LogP contribution in [0.5, 0.6) is 0 Å². The number of aryl methyl sites for hydroxylation is 1. The molecule has 0 spiro atoms. The van der Waals surface area contributed by atoms with Gasteiger partial charge in [0.1, 0.15) is 0 Å². The molecule has 0 saturated heterocycles. The molecule has 1 rings (SSSR count). The second-order valence-electron chi connectivity index (χ2n) is 2.27. The molecule has 0 bridgehead atoms. The second kappa shape index (κ2) is 4.76. The van der Waals surface area contributed by atoms with E-state index in [0.29, 0.717) is 0 Å². The van der Waals surface area contributed by atoms with Crippen LogP contribution in [0.4, 0.5) is 0 Å². The van der Waals surface area contributed by atoms with Crippen molar-refractivity contribution >= 4 is 20.7 Å². The zero-order valence-electron chi connectivity index (χ0n) is 6.72. The highest BCUT2D eigenvalue weighted by atomic mass is 32.2. The first-order valence-corrected chi connectivity index (χ1v) is 5.80. The lowest BCUT2D eigenvalue weighted by Gasteiger charge is -2.00. The lowest BCUT2D eigenvalue weighted by Crippen LogP contribution is -1.84. The van der Waals surface area contributed by atoms with Crippen molar-refractivity contribution in [1.29, 1.82) is 0 Å². The Balaban J connectivity index is 2.52. The minimum atomic E-state index is 0.794. The van der Waals surface area contributed by atoms with Crippen LogP contribution in [0.1, 0.15) is 5.56 Å². The first kappa shape index (κ1) is 9.05. The van der Waals surface area contributed by atoms with Gasteiger partial charge in [-0.15, -0.1) is 0 Å². The molecule has 0 radical (unpaired) electrons. The average molecular weight is 185 g/mol. The molecule has 0 aliphatic rings. The maximum Gasteiger partial charge on any atom is 0.0231 e. The van der Waals surface area contributed by atoms with Gasteiger partial charge in [0.15, 0.2) is 0 Å². The third kappa shape index (κ3) is 3.24. The highest BCUT2D eigenvalue weighted by molar-refractivity contribution is 8.00. The molecule has 0 amide bonds. The number of benzene rings is 1. The minimum absolute atomic E-state index is 0.794. The van der Waals surface area contributed by atoms with Crippen molar-refractivity contribution in [3.8, 4) is 0 Å². The third-order valence-corrected chi connectivity index (χ3v) is 3.02. The molecule has 1 aromatic carbocycles. The number of hydrogen-bond donors (Lipinski definition) is 1. The number of rotatable bonds is 3. The van der Waals surface area contributed by atoms with Crippen LogP contribution in [0.2, 0.25) is 0 Å². The van der Waals surface area contributed by atoms with Crippen LogP contribution in [0.3, 0.4) is 0 Å². The lowest BCUT2D eigenvalue weighted by molar-refractivity contribution is 1.37. The van der Waals surface area contributed by atoms with E-state index in [2.05, 4.69) is 42.3 Å². The van der Waals surface area contributed by atoms with Crippen LogP contribution in [0.25, 0.3) is 0 Å². The van der Waals surface area contributed by atoms with E-state index in [0.717, 1.165) is 8.73 Å². The summed E-state index contributed by atoms with van der Waals surface area (Å²) in [7, 11) is 0.794. The molecule has 60 valence electrons. The Morgan fingerprint density at radius 1 is 1.27 bits per heavy atom. The summed E-state index contributed by atoms with van der Waals surface area (Å²) in [5, 5.41) is 0. The fraction of sp³-hybridized carbons (Fsp3) is 0.250. The predicted octanol–water partition coefficient (Wildman–Crippen LogP) is 2.82. The standard InChI is InChI=1S/C8H12NPS/c1-7-3-5-8(6-4-7)11-9-10-2/h3-6,9-10H,1-2H3. The Hall–Kier alpha value is -0.0400. The summed E-state index contributed by atoms with van der Waals surface area (Å²) < 4.78 is 3.23. The summed E-state index contributed by atoms with van der Waals surface area (Å²) in [5.74, 6) is 0. The van der Waals surface area contributed by atoms with Crippen molar-refractivity contribution in [2.24, 2.45) is 0 Å². The molecule has 0 aliphatic carbocycles. The molecule has 11 heavy (non-hydrogen) atoms. The van der Waals surface area contributed by atoms with Gasteiger partial charge in [0.25, 0.3) is 0 Å². The van der Waals surface area contributed by atoms with Gasteiger partial charge < -0.3 is 0 Å². The van der Waals surface area contributed by atoms with Crippen molar-refractivity contribution in [1.82, 2.24) is 4.49 Å². The summed E-state index contributed by atoms with van der Waals surface area (Å²) in [6, 6.07) is 8.52. The summed E-state index contributed by atoms with van der Waals surface area (Å²) in [6.07, 6.45) is 0. The molecule has 1 aromatic rings. The van der Waals surface area contributed by atoms with Crippen molar-refractivity contribution in [3.63, 3.8) is 0 Å². The van der Waals surface area contributed by atoms with Gasteiger partial charge in [-0.1, -0.05) is 17.7 Å². The van der Waals surface area contributed by atoms with E-state index in [9.17, 15) is 0 Å². The molecule has 3 heteroatoms. The van der Waals surface area contributed by atoms with E-state index in [1.54, 1.807) is 11.9 Å². The highest BCUT2D eigenvalue weighted by Crippen LogP contribution is 2.18. The van der Waals surface area contributed by atoms with Gasteiger partial charge in [0.05, 0.1) is 0 Å². The number of nitrogens with one attached hydrogen (secondary N) is 1. The van der Waals surface area contributed by atoms with Crippen LogP contribution in [-0.2, 0) is 0 Å². The van der Waals surface area contributed by atoms with Gasteiger partial charge in [-0.2, -0.15) is 0 Å². The van der Waals surface area contributed by atoms with Crippen molar-refractivity contribution in [2.45, 2.75) is 11.8 Å². The molecule has 1 unspecified atom stereocenters. The maximum atomic E-state index is 3.23. The fourth-order valence-electron chi connectivity index (χ4n) is 0.716. The quantitative estimate of drug-likeness (QED) is 0.574. The summed E-state index contributed by atoms with van der Waals surface area (Å²) in [5.41, 5.74) is 1.31. The molecule has 0 saturated carbocycles. The molecule has 0 fully saturated rings. The first-order chi connectivity index (χ1) is 5.33. The van der Waals surface area contributed by atoms with Crippen LogP contribution >= 0.6 is 20.7 Å². The zero-order valence-corrected chi connectivity index (χ0v) is 8.53. The molecule has 1 atom stereocenters. The molecule has 1 nitrogen and oxygen atoms in total. The molecular formula is C8H12NPS. The minimum Gasteiger partial charge on any atom is -0.241 e.